The number of carbonyl (C=O) groups is 1. The first-order chi connectivity index (χ1) is 13.3. The standard InChI is InChI=1S/C21H26N4OS/c1-27-15-13-19(20-23-17-11-5-6-12-18(17)24-20)25-21(26)22-14-7-10-16-8-3-2-4-9-16/h2-6,8-9,11-12,19H,7,10,13-15H2,1H3,(H,23,24)(H2,22,25,26)/t19-/m0/s1. The lowest BCUT2D eigenvalue weighted by molar-refractivity contribution is 0.236. The van der Waals surface area contributed by atoms with Crippen LogP contribution in [0, 0.1) is 0 Å². The molecule has 27 heavy (non-hydrogen) atoms. The van der Waals surface area contributed by atoms with Crippen molar-refractivity contribution in [1.29, 1.82) is 0 Å². The minimum Gasteiger partial charge on any atom is -0.340 e. The number of aryl methyl sites for hydroxylation is 1. The first-order valence-electron chi connectivity index (χ1n) is 9.28. The minimum absolute atomic E-state index is 0.126. The van der Waals surface area contributed by atoms with Gasteiger partial charge in [-0.05, 0) is 49.0 Å². The van der Waals surface area contributed by atoms with Crippen LogP contribution in [0.25, 0.3) is 11.0 Å². The smallest absolute Gasteiger partial charge is 0.315 e. The summed E-state index contributed by atoms with van der Waals surface area (Å²) in [5.41, 5.74) is 3.21. The molecule has 1 aromatic heterocycles. The van der Waals surface area contributed by atoms with Crippen LogP contribution in [0.2, 0.25) is 0 Å². The minimum atomic E-state index is -0.144. The summed E-state index contributed by atoms with van der Waals surface area (Å²) < 4.78 is 0. The van der Waals surface area contributed by atoms with Crippen molar-refractivity contribution in [3.05, 3.63) is 66.0 Å². The molecular formula is C21H26N4OS. The van der Waals surface area contributed by atoms with Gasteiger partial charge in [0.25, 0.3) is 0 Å². The number of H-pyrrole nitrogens is 1. The van der Waals surface area contributed by atoms with E-state index in [1.165, 1.54) is 5.56 Å². The van der Waals surface area contributed by atoms with Gasteiger partial charge in [0, 0.05) is 6.54 Å². The van der Waals surface area contributed by atoms with Gasteiger partial charge >= 0.3 is 6.03 Å². The number of carbonyl (C=O) groups excluding carboxylic acids is 1. The van der Waals surface area contributed by atoms with Crippen molar-refractivity contribution in [2.24, 2.45) is 0 Å². The summed E-state index contributed by atoms with van der Waals surface area (Å²) in [5, 5.41) is 6.04. The van der Waals surface area contributed by atoms with E-state index < -0.39 is 0 Å². The fourth-order valence-corrected chi connectivity index (χ4v) is 3.47. The molecule has 5 nitrogen and oxygen atoms in total. The number of thioether (sulfide) groups is 1. The van der Waals surface area contributed by atoms with Crippen LogP contribution < -0.4 is 10.6 Å². The third-order valence-electron chi connectivity index (χ3n) is 4.42. The van der Waals surface area contributed by atoms with E-state index in [4.69, 9.17) is 0 Å². The van der Waals surface area contributed by atoms with Gasteiger partial charge in [0.15, 0.2) is 0 Å². The Hall–Kier alpha value is -2.47. The zero-order chi connectivity index (χ0) is 18.9. The van der Waals surface area contributed by atoms with Crippen molar-refractivity contribution in [1.82, 2.24) is 20.6 Å². The predicted octanol–water partition coefficient (Wildman–Crippen LogP) is 4.29. The van der Waals surface area contributed by atoms with Gasteiger partial charge < -0.3 is 15.6 Å². The molecular weight excluding hydrogens is 356 g/mol. The highest BCUT2D eigenvalue weighted by Crippen LogP contribution is 2.19. The summed E-state index contributed by atoms with van der Waals surface area (Å²) in [6.07, 6.45) is 4.77. The topological polar surface area (TPSA) is 69.8 Å². The molecule has 3 rings (SSSR count). The third-order valence-corrected chi connectivity index (χ3v) is 5.07. The number of aromatic nitrogens is 2. The second-order valence-corrected chi connectivity index (χ2v) is 7.45. The van der Waals surface area contributed by atoms with Crippen LogP contribution in [0.4, 0.5) is 4.79 Å². The SMILES string of the molecule is CSCC[C@H](NC(=O)NCCCc1ccccc1)c1nc2ccccc2[nH]1. The van der Waals surface area contributed by atoms with E-state index >= 15 is 0 Å². The lowest BCUT2D eigenvalue weighted by Gasteiger charge is -2.17. The van der Waals surface area contributed by atoms with E-state index in [9.17, 15) is 4.79 Å². The quantitative estimate of drug-likeness (QED) is 0.484. The second-order valence-electron chi connectivity index (χ2n) is 6.46. The average Bonchev–Trinajstić information content (AvgIpc) is 3.13. The van der Waals surface area contributed by atoms with E-state index in [0.29, 0.717) is 6.54 Å². The maximum atomic E-state index is 12.3. The largest absolute Gasteiger partial charge is 0.340 e. The Morgan fingerprint density at radius 3 is 2.70 bits per heavy atom. The Balaban J connectivity index is 1.53. The normalized spacial score (nSPS) is 12.0. The highest BCUT2D eigenvalue weighted by Gasteiger charge is 2.18. The predicted molar refractivity (Wildman–Crippen MR) is 113 cm³/mol. The number of nitrogens with zero attached hydrogens (tertiary/aromatic N) is 1. The van der Waals surface area contributed by atoms with Crippen LogP contribution in [0.3, 0.4) is 0 Å². The van der Waals surface area contributed by atoms with E-state index in [1.54, 1.807) is 11.8 Å². The maximum Gasteiger partial charge on any atom is 0.315 e. The van der Waals surface area contributed by atoms with E-state index in [1.807, 2.05) is 42.5 Å². The third kappa shape index (κ3) is 5.76. The molecule has 142 valence electrons. The van der Waals surface area contributed by atoms with Crippen molar-refractivity contribution in [2.45, 2.75) is 25.3 Å². The van der Waals surface area contributed by atoms with Gasteiger partial charge in [-0.2, -0.15) is 11.8 Å². The van der Waals surface area contributed by atoms with Crippen molar-refractivity contribution < 1.29 is 4.79 Å². The second kappa shape index (κ2) is 10.0. The number of aromatic amines is 1. The van der Waals surface area contributed by atoms with E-state index in [2.05, 4.69) is 39.0 Å². The molecule has 6 heteroatoms. The van der Waals surface area contributed by atoms with Gasteiger partial charge in [-0.15, -0.1) is 0 Å². The molecule has 0 spiro atoms. The molecule has 0 fully saturated rings. The number of urea groups is 1. The van der Waals surface area contributed by atoms with Crippen LogP contribution in [-0.4, -0.2) is 34.6 Å². The fraction of sp³-hybridized carbons (Fsp3) is 0.333. The lowest BCUT2D eigenvalue weighted by atomic mass is 10.1. The number of para-hydroxylation sites is 2. The number of imidazole rings is 1. The van der Waals surface area contributed by atoms with Crippen LogP contribution in [0.5, 0.6) is 0 Å². The van der Waals surface area contributed by atoms with Crippen LogP contribution in [0.15, 0.2) is 54.6 Å². The van der Waals surface area contributed by atoms with Crippen LogP contribution >= 0.6 is 11.8 Å². The molecule has 0 saturated carbocycles. The highest BCUT2D eigenvalue weighted by atomic mass is 32.2. The lowest BCUT2D eigenvalue weighted by Crippen LogP contribution is -2.39. The molecule has 0 aliphatic heterocycles. The fourth-order valence-electron chi connectivity index (χ4n) is 3.00. The summed E-state index contributed by atoms with van der Waals surface area (Å²) in [6.45, 7) is 0.649. The number of fused-ring (bicyclic) bond motifs is 1. The molecule has 1 heterocycles. The molecule has 0 aliphatic carbocycles. The summed E-state index contributed by atoms with van der Waals surface area (Å²) in [6, 6.07) is 18.0. The number of rotatable bonds is 9. The number of hydrogen-bond acceptors (Lipinski definition) is 3. The number of benzene rings is 2. The molecule has 3 N–H and O–H groups in total. The molecule has 1 atom stereocenters. The molecule has 3 aromatic rings. The molecule has 0 aliphatic rings. The van der Waals surface area contributed by atoms with Gasteiger partial charge in [-0.3, -0.25) is 0 Å². The van der Waals surface area contributed by atoms with Crippen molar-refractivity contribution in [3.63, 3.8) is 0 Å². The summed E-state index contributed by atoms with van der Waals surface area (Å²) >= 11 is 1.76. The first kappa shape index (κ1) is 19.3. The van der Waals surface area contributed by atoms with Crippen molar-refractivity contribution in [3.8, 4) is 0 Å². The molecule has 2 aromatic carbocycles. The molecule has 0 bridgehead atoms. The van der Waals surface area contributed by atoms with E-state index in [0.717, 1.165) is 41.9 Å². The van der Waals surface area contributed by atoms with Gasteiger partial charge in [-0.1, -0.05) is 42.5 Å². The molecule has 0 radical (unpaired) electrons. The monoisotopic (exact) mass is 382 g/mol. The Bertz CT molecular complexity index is 817. The number of amides is 2. The average molecular weight is 383 g/mol. The van der Waals surface area contributed by atoms with Gasteiger partial charge in [0.05, 0.1) is 17.1 Å². The zero-order valence-corrected chi connectivity index (χ0v) is 16.4. The highest BCUT2D eigenvalue weighted by molar-refractivity contribution is 7.98. The van der Waals surface area contributed by atoms with Crippen molar-refractivity contribution in [2.75, 3.05) is 18.6 Å². The molecule has 2 amide bonds. The maximum absolute atomic E-state index is 12.3. The van der Waals surface area contributed by atoms with Crippen LogP contribution in [-0.2, 0) is 6.42 Å². The van der Waals surface area contributed by atoms with Gasteiger partial charge in [-0.25, -0.2) is 9.78 Å². The van der Waals surface area contributed by atoms with Crippen molar-refractivity contribution >= 4 is 28.8 Å². The Kier molecular flexibility index (Phi) is 7.16. The Morgan fingerprint density at radius 2 is 1.93 bits per heavy atom. The number of hydrogen-bond donors (Lipinski definition) is 3. The summed E-state index contributed by atoms with van der Waals surface area (Å²) in [4.78, 5) is 20.3. The first-order valence-corrected chi connectivity index (χ1v) is 10.7. The van der Waals surface area contributed by atoms with Gasteiger partial charge in [0.1, 0.15) is 5.82 Å². The zero-order valence-electron chi connectivity index (χ0n) is 15.6. The summed E-state index contributed by atoms with van der Waals surface area (Å²) in [5.74, 6) is 1.76. The van der Waals surface area contributed by atoms with Crippen LogP contribution in [0.1, 0.15) is 30.3 Å². The number of nitrogens with one attached hydrogen (secondary N) is 3. The van der Waals surface area contributed by atoms with Gasteiger partial charge in [0.2, 0.25) is 0 Å². The summed E-state index contributed by atoms with van der Waals surface area (Å²) in [7, 11) is 0. The Morgan fingerprint density at radius 1 is 1.15 bits per heavy atom. The van der Waals surface area contributed by atoms with E-state index in [-0.39, 0.29) is 12.1 Å². The Labute approximate surface area is 164 Å². The molecule has 0 saturated heterocycles. The molecule has 0 unspecified atom stereocenters.